The van der Waals surface area contributed by atoms with Crippen LogP contribution in [-0.4, -0.2) is 29.2 Å². The van der Waals surface area contributed by atoms with E-state index in [4.69, 9.17) is 11.6 Å². The van der Waals surface area contributed by atoms with Crippen LogP contribution < -0.4 is 10.2 Å². The number of halogens is 1. The number of anilines is 2. The second kappa shape index (κ2) is 7.92. The standard InChI is InChI=1S/C19H25ClN4OS/c1-19(2,3)12-16-22-23-18(26-16)21-17(25)13-7-9-24(10-8-13)15-6-4-5-14(20)11-15/h4-6,11,13H,7-10,12H2,1-3H3,(H,21,23,25). The minimum Gasteiger partial charge on any atom is -0.371 e. The molecule has 0 radical (unpaired) electrons. The van der Waals surface area contributed by atoms with Crippen molar-refractivity contribution < 1.29 is 4.79 Å². The van der Waals surface area contributed by atoms with Gasteiger partial charge in [0, 0.05) is 36.1 Å². The molecule has 1 N–H and O–H groups in total. The molecular formula is C19H25ClN4OS. The highest BCUT2D eigenvalue weighted by molar-refractivity contribution is 7.15. The highest BCUT2D eigenvalue weighted by Gasteiger charge is 2.26. The van der Waals surface area contributed by atoms with Gasteiger partial charge in [0.05, 0.1) is 0 Å². The Bertz CT molecular complexity index is 763. The third-order valence-electron chi connectivity index (χ3n) is 4.42. The summed E-state index contributed by atoms with van der Waals surface area (Å²) in [5.41, 5.74) is 1.28. The topological polar surface area (TPSA) is 58.1 Å². The quantitative estimate of drug-likeness (QED) is 0.823. The van der Waals surface area contributed by atoms with E-state index in [9.17, 15) is 4.79 Å². The molecule has 0 spiro atoms. The van der Waals surface area contributed by atoms with Gasteiger partial charge < -0.3 is 10.2 Å². The molecule has 0 unspecified atom stereocenters. The summed E-state index contributed by atoms with van der Waals surface area (Å²) in [6, 6.07) is 7.87. The minimum absolute atomic E-state index is 0.0143. The summed E-state index contributed by atoms with van der Waals surface area (Å²) in [5, 5.41) is 13.6. The van der Waals surface area contributed by atoms with Crippen molar-refractivity contribution in [2.45, 2.75) is 40.0 Å². The molecule has 1 aliphatic rings. The van der Waals surface area contributed by atoms with Crippen LogP contribution in [0.1, 0.15) is 38.6 Å². The monoisotopic (exact) mass is 392 g/mol. The summed E-state index contributed by atoms with van der Waals surface area (Å²) in [5.74, 6) is 0.0644. The van der Waals surface area contributed by atoms with E-state index < -0.39 is 0 Å². The number of rotatable bonds is 4. The molecule has 2 aromatic rings. The summed E-state index contributed by atoms with van der Waals surface area (Å²) in [7, 11) is 0. The largest absolute Gasteiger partial charge is 0.371 e. The maximum atomic E-state index is 12.5. The zero-order valence-corrected chi connectivity index (χ0v) is 17.0. The highest BCUT2D eigenvalue weighted by atomic mass is 35.5. The smallest absolute Gasteiger partial charge is 0.229 e. The van der Waals surface area contributed by atoms with Gasteiger partial charge in [-0.05, 0) is 36.5 Å². The van der Waals surface area contributed by atoms with Gasteiger partial charge in [0.2, 0.25) is 11.0 Å². The van der Waals surface area contributed by atoms with Crippen LogP contribution in [0, 0.1) is 11.3 Å². The van der Waals surface area contributed by atoms with Gasteiger partial charge in [-0.15, -0.1) is 10.2 Å². The van der Waals surface area contributed by atoms with Crippen LogP contribution in [-0.2, 0) is 11.2 Å². The molecule has 1 aromatic carbocycles. The van der Waals surface area contributed by atoms with E-state index in [1.165, 1.54) is 11.3 Å². The van der Waals surface area contributed by atoms with Crippen molar-refractivity contribution in [2.24, 2.45) is 11.3 Å². The Hall–Kier alpha value is -1.66. The molecule has 0 bridgehead atoms. The van der Waals surface area contributed by atoms with Crippen LogP contribution in [0.3, 0.4) is 0 Å². The van der Waals surface area contributed by atoms with Gasteiger partial charge in [0.1, 0.15) is 5.01 Å². The number of aromatic nitrogens is 2. The SMILES string of the molecule is CC(C)(C)Cc1nnc(NC(=O)C2CCN(c3cccc(Cl)c3)CC2)s1. The van der Waals surface area contributed by atoms with Crippen LogP contribution in [0.2, 0.25) is 5.02 Å². The molecule has 2 heterocycles. The van der Waals surface area contributed by atoms with Gasteiger partial charge in [-0.25, -0.2) is 0 Å². The number of carbonyl (C=O) groups is 1. The van der Waals surface area contributed by atoms with E-state index in [0.29, 0.717) is 5.13 Å². The first-order valence-electron chi connectivity index (χ1n) is 8.94. The van der Waals surface area contributed by atoms with Crippen LogP contribution in [0.5, 0.6) is 0 Å². The predicted molar refractivity (Wildman–Crippen MR) is 108 cm³/mol. The van der Waals surface area contributed by atoms with Gasteiger partial charge in [0.25, 0.3) is 0 Å². The van der Waals surface area contributed by atoms with E-state index in [2.05, 4.69) is 47.3 Å². The number of nitrogens with zero attached hydrogens (tertiary/aromatic N) is 3. The molecule has 26 heavy (non-hydrogen) atoms. The second-order valence-corrected chi connectivity index (χ2v) is 9.47. The van der Waals surface area contributed by atoms with Gasteiger partial charge in [-0.3, -0.25) is 4.79 Å². The predicted octanol–water partition coefficient (Wildman–Crippen LogP) is 4.64. The molecule has 3 rings (SSSR count). The lowest BCUT2D eigenvalue weighted by molar-refractivity contribution is -0.120. The molecular weight excluding hydrogens is 368 g/mol. The average Bonchev–Trinajstić information content (AvgIpc) is 3.00. The molecule has 1 amide bonds. The molecule has 1 saturated heterocycles. The minimum atomic E-state index is 0.0143. The van der Waals surface area contributed by atoms with E-state index >= 15 is 0 Å². The number of benzene rings is 1. The summed E-state index contributed by atoms with van der Waals surface area (Å²) in [4.78, 5) is 14.8. The lowest BCUT2D eigenvalue weighted by atomic mass is 9.93. The molecule has 1 aliphatic heterocycles. The Morgan fingerprint density at radius 3 is 2.69 bits per heavy atom. The van der Waals surface area contributed by atoms with Gasteiger partial charge >= 0.3 is 0 Å². The fourth-order valence-electron chi connectivity index (χ4n) is 3.11. The Balaban J connectivity index is 1.52. The maximum Gasteiger partial charge on any atom is 0.229 e. The average molecular weight is 393 g/mol. The normalized spacial score (nSPS) is 15.9. The van der Waals surface area contributed by atoms with E-state index in [1.54, 1.807) is 0 Å². The Labute approximate surface area is 163 Å². The molecule has 140 valence electrons. The summed E-state index contributed by atoms with van der Waals surface area (Å²) >= 11 is 7.54. The fraction of sp³-hybridized carbons (Fsp3) is 0.526. The first-order chi connectivity index (χ1) is 12.3. The van der Waals surface area contributed by atoms with E-state index in [1.807, 2.05) is 18.2 Å². The summed E-state index contributed by atoms with van der Waals surface area (Å²) in [6.45, 7) is 8.20. The van der Waals surface area contributed by atoms with Crippen LogP contribution in [0.15, 0.2) is 24.3 Å². The number of hydrogen-bond acceptors (Lipinski definition) is 5. The number of piperidine rings is 1. The van der Waals surface area contributed by atoms with Crippen LogP contribution in [0.4, 0.5) is 10.8 Å². The lowest BCUT2D eigenvalue weighted by Crippen LogP contribution is -2.38. The molecule has 0 atom stereocenters. The molecule has 1 fully saturated rings. The Morgan fingerprint density at radius 2 is 2.04 bits per heavy atom. The Kier molecular flexibility index (Phi) is 5.82. The highest BCUT2D eigenvalue weighted by Crippen LogP contribution is 2.28. The summed E-state index contributed by atoms with van der Waals surface area (Å²) < 4.78 is 0. The maximum absolute atomic E-state index is 12.5. The lowest BCUT2D eigenvalue weighted by Gasteiger charge is -2.32. The van der Waals surface area contributed by atoms with Crippen molar-refractivity contribution in [3.8, 4) is 0 Å². The van der Waals surface area contributed by atoms with Crippen LogP contribution in [0.25, 0.3) is 0 Å². The van der Waals surface area contributed by atoms with Crippen molar-refractivity contribution in [3.63, 3.8) is 0 Å². The molecule has 1 aromatic heterocycles. The van der Waals surface area contributed by atoms with Gasteiger partial charge in [-0.2, -0.15) is 0 Å². The van der Waals surface area contributed by atoms with Crippen molar-refractivity contribution in [1.82, 2.24) is 10.2 Å². The van der Waals surface area contributed by atoms with Gasteiger partial charge in [-0.1, -0.05) is 49.8 Å². The van der Waals surface area contributed by atoms with Crippen LogP contribution >= 0.6 is 22.9 Å². The van der Waals surface area contributed by atoms with Crippen molar-refractivity contribution in [2.75, 3.05) is 23.3 Å². The number of carbonyl (C=O) groups excluding carboxylic acids is 1. The fourth-order valence-corrected chi connectivity index (χ4v) is 4.34. The van der Waals surface area contributed by atoms with Crippen molar-refractivity contribution >= 4 is 39.7 Å². The van der Waals surface area contributed by atoms with Gasteiger partial charge in [0.15, 0.2) is 0 Å². The number of nitrogens with one attached hydrogen (secondary N) is 1. The third kappa shape index (κ3) is 5.17. The zero-order chi connectivity index (χ0) is 18.7. The Morgan fingerprint density at radius 1 is 1.31 bits per heavy atom. The zero-order valence-electron chi connectivity index (χ0n) is 15.5. The number of hydrogen-bond donors (Lipinski definition) is 1. The molecule has 0 saturated carbocycles. The first kappa shape index (κ1) is 19.1. The van der Waals surface area contributed by atoms with E-state index in [0.717, 1.165) is 48.1 Å². The van der Waals surface area contributed by atoms with Crippen molar-refractivity contribution in [3.05, 3.63) is 34.3 Å². The first-order valence-corrected chi connectivity index (χ1v) is 10.1. The number of amides is 1. The van der Waals surface area contributed by atoms with E-state index in [-0.39, 0.29) is 17.2 Å². The third-order valence-corrected chi connectivity index (χ3v) is 5.49. The summed E-state index contributed by atoms with van der Waals surface area (Å²) in [6.07, 6.45) is 2.51. The van der Waals surface area contributed by atoms with Crippen molar-refractivity contribution in [1.29, 1.82) is 0 Å². The molecule has 7 heteroatoms. The molecule has 5 nitrogen and oxygen atoms in total. The second-order valence-electron chi connectivity index (χ2n) is 7.97. The molecule has 0 aliphatic carbocycles.